The van der Waals surface area contributed by atoms with E-state index in [4.69, 9.17) is 24.5 Å². The number of carboxylic acid groups (broad SMARTS) is 2. The molecule has 0 saturated heterocycles. The van der Waals surface area contributed by atoms with E-state index in [-0.39, 0.29) is 12.1 Å². The van der Waals surface area contributed by atoms with E-state index in [2.05, 4.69) is 11.1 Å². The largest absolute Gasteiger partial charge is 0.539 e. The second-order valence-corrected chi connectivity index (χ2v) is 5.61. The average molecular weight is 290 g/mol. The molecule has 2 atom stereocenters. The molecule has 0 aromatic rings. The maximum absolute atomic E-state index is 11.4. The third-order valence-corrected chi connectivity index (χ3v) is 2.44. The highest BCUT2D eigenvalue weighted by molar-refractivity contribution is 6.26. The molecule has 5 N–H and O–H groups in total. The zero-order valence-corrected chi connectivity index (χ0v) is 12.0. The number of hydrogen-bond acceptors (Lipinski definition) is 5. The van der Waals surface area contributed by atoms with Crippen molar-refractivity contribution < 1.29 is 35.1 Å². The zero-order chi connectivity index (χ0) is 15.9. The van der Waals surface area contributed by atoms with E-state index in [1.54, 1.807) is 0 Å². The van der Waals surface area contributed by atoms with E-state index in [1.165, 1.54) is 0 Å². The number of hydrogen-bond donors (Lipinski definition) is 3. The van der Waals surface area contributed by atoms with Crippen molar-refractivity contribution in [2.75, 3.05) is 0 Å². The van der Waals surface area contributed by atoms with Gasteiger partial charge in [-0.3, -0.25) is 0 Å². The number of ether oxygens (including phenoxy) is 1. The Labute approximate surface area is 117 Å². The second-order valence-electron chi connectivity index (χ2n) is 5.61. The van der Waals surface area contributed by atoms with Crippen LogP contribution in [-0.2, 0) is 14.3 Å². The zero-order valence-electron chi connectivity index (χ0n) is 12.0. The number of carboxylic acids is 2. The highest BCUT2D eigenvalue weighted by Gasteiger charge is 2.27. The number of carbonyl (C=O) groups is 3. The van der Waals surface area contributed by atoms with Gasteiger partial charge >= 0.3 is 12.1 Å². The van der Waals surface area contributed by atoms with Gasteiger partial charge in [0, 0.05) is 18.9 Å². The van der Waals surface area contributed by atoms with Crippen LogP contribution in [0.4, 0.5) is 4.79 Å². The number of amides is 1. The topological polar surface area (TPSA) is 143 Å². The molecule has 0 aliphatic heterocycles. The summed E-state index contributed by atoms with van der Waals surface area (Å²) in [5, 5.41) is 19.2. The highest BCUT2D eigenvalue weighted by Crippen LogP contribution is 2.16. The molecule has 0 aromatic heterocycles. The SMILES string of the molecule is CC(C)(C)OC(=O)N[C@@H]1CC[C@H]([NH3+])C1.O=C([O-])C(=O)O. The van der Waals surface area contributed by atoms with Crippen LogP contribution in [0, 0.1) is 0 Å². The van der Waals surface area contributed by atoms with Gasteiger partial charge in [0.25, 0.3) is 0 Å². The molecule has 0 aromatic carbocycles. The first-order chi connectivity index (χ1) is 9.01. The number of carbonyl (C=O) groups excluding carboxylic acids is 2. The van der Waals surface area contributed by atoms with Crippen LogP contribution in [0.15, 0.2) is 0 Å². The third kappa shape index (κ3) is 9.15. The quantitative estimate of drug-likeness (QED) is 0.501. The van der Waals surface area contributed by atoms with Crippen LogP contribution in [0.25, 0.3) is 0 Å². The molecule has 0 unspecified atom stereocenters. The molecule has 0 spiro atoms. The molecule has 1 aliphatic rings. The standard InChI is InChI=1S/C10H20N2O2.C2H2O4/c1-10(2,3)14-9(13)12-8-5-4-7(11)6-8;3-1(4)2(5)6/h7-8H,4-6,11H2,1-3H3,(H,12,13);(H,3,4)(H,5,6)/t7-,8+;/m0./s1. The molecule has 0 heterocycles. The lowest BCUT2D eigenvalue weighted by Crippen LogP contribution is -2.59. The summed E-state index contributed by atoms with van der Waals surface area (Å²) in [6.45, 7) is 5.60. The van der Waals surface area contributed by atoms with Gasteiger partial charge in [0.15, 0.2) is 5.97 Å². The Bertz CT molecular complexity index is 351. The van der Waals surface area contributed by atoms with Crippen LogP contribution in [0.5, 0.6) is 0 Å². The molecule has 8 heteroatoms. The summed E-state index contributed by atoms with van der Waals surface area (Å²) in [5.41, 5.74) is 3.57. The monoisotopic (exact) mass is 290 g/mol. The van der Waals surface area contributed by atoms with Crippen LogP contribution in [0.1, 0.15) is 40.0 Å². The minimum atomic E-state index is -2.07. The van der Waals surface area contributed by atoms with Crippen LogP contribution in [0.3, 0.4) is 0 Å². The summed E-state index contributed by atoms with van der Waals surface area (Å²) in [6, 6.07) is 0.738. The highest BCUT2D eigenvalue weighted by atomic mass is 16.6. The first kappa shape index (κ1) is 18.2. The van der Waals surface area contributed by atoms with Crippen molar-refractivity contribution in [1.29, 1.82) is 0 Å². The van der Waals surface area contributed by atoms with Gasteiger partial charge in [-0.25, -0.2) is 9.59 Å². The smallest absolute Gasteiger partial charge is 0.407 e. The molecule has 1 fully saturated rings. The first-order valence-corrected chi connectivity index (χ1v) is 6.28. The van der Waals surface area contributed by atoms with Crippen molar-refractivity contribution >= 4 is 18.0 Å². The lowest BCUT2D eigenvalue weighted by molar-refractivity contribution is -0.417. The Balaban J connectivity index is 0.000000511. The van der Waals surface area contributed by atoms with Crippen LogP contribution in [-0.4, -0.2) is 40.8 Å². The Morgan fingerprint density at radius 1 is 1.30 bits per heavy atom. The predicted molar refractivity (Wildman–Crippen MR) is 66.3 cm³/mol. The van der Waals surface area contributed by atoms with E-state index in [0.29, 0.717) is 6.04 Å². The van der Waals surface area contributed by atoms with Crippen molar-refractivity contribution in [3.05, 3.63) is 0 Å². The molecule has 0 bridgehead atoms. The van der Waals surface area contributed by atoms with Gasteiger partial charge in [-0.15, -0.1) is 0 Å². The van der Waals surface area contributed by atoms with Crippen molar-refractivity contribution in [2.45, 2.75) is 57.7 Å². The van der Waals surface area contributed by atoms with E-state index in [1.807, 2.05) is 20.8 Å². The predicted octanol–water partition coefficient (Wildman–Crippen LogP) is -1.50. The van der Waals surface area contributed by atoms with Gasteiger partial charge in [-0.05, 0) is 27.2 Å². The summed E-state index contributed by atoms with van der Waals surface area (Å²) in [6.07, 6.45) is 2.78. The Morgan fingerprint density at radius 3 is 2.10 bits per heavy atom. The summed E-state index contributed by atoms with van der Waals surface area (Å²) < 4.78 is 5.16. The fraction of sp³-hybridized carbons (Fsp3) is 0.750. The Hall–Kier alpha value is -1.83. The lowest BCUT2D eigenvalue weighted by Gasteiger charge is -2.21. The van der Waals surface area contributed by atoms with Gasteiger partial charge in [0.2, 0.25) is 0 Å². The minimum Gasteiger partial charge on any atom is -0.539 e. The molecule has 1 amide bonds. The number of aliphatic carboxylic acids is 2. The van der Waals surface area contributed by atoms with Gasteiger partial charge in [0.05, 0.1) is 6.04 Å². The van der Waals surface area contributed by atoms with Crippen LogP contribution >= 0.6 is 0 Å². The maximum Gasteiger partial charge on any atom is 0.407 e. The number of alkyl carbamates (subject to hydrolysis) is 1. The van der Waals surface area contributed by atoms with Crippen molar-refractivity contribution in [2.24, 2.45) is 0 Å². The van der Waals surface area contributed by atoms with E-state index >= 15 is 0 Å². The molecule has 8 nitrogen and oxygen atoms in total. The lowest BCUT2D eigenvalue weighted by atomic mass is 10.2. The third-order valence-electron chi connectivity index (χ3n) is 2.44. The summed E-state index contributed by atoms with van der Waals surface area (Å²) in [7, 11) is 0. The van der Waals surface area contributed by atoms with E-state index < -0.39 is 17.5 Å². The molecule has 20 heavy (non-hydrogen) atoms. The summed E-state index contributed by atoms with van der Waals surface area (Å²) >= 11 is 0. The van der Waals surface area contributed by atoms with Crippen LogP contribution < -0.4 is 16.2 Å². The maximum atomic E-state index is 11.4. The number of quaternary nitrogens is 1. The normalized spacial score (nSPS) is 21.4. The number of rotatable bonds is 1. The Kier molecular flexibility index (Phi) is 6.98. The van der Waals surface area contributed by atoms with Crippen LogP contribution in [0.2, 0.25) is 0 Å². The minimum absolute atomic E-state index is 0.257. The van der Waals surface area contributed by atoms with Crippen molar-refractivity contribution in [3.8, 4) is 0 Å². The van der Waals surface area contributed by atoms with E-state index in [0.717, 1.165) is 19.3 Å². The van der Waals surface area contributed by atoms with Crippen molar-refractivity contribution in [1.82, 2.24) is 5.32 Å². The fourth-order valence-corrected chi connectivity index (χ4v) is 1.68. The summed E-state index contributed by atoms with van der Waals surface area (Å²) in [4.78, 5) is 29.4. The van der Waals surface area contributed by atoms with Gasteiger partial charge < -0.3 is 30.8 Å². The Morgan fingerprint density at radius 2 is 1.80 bits per heavy atom. The molecular formula is C12H22N2O6. The fourth-order valence-electron chi connectivity index (χ4n) is 1.68. The molecule has 0 radical (unpaired) electrons. The molecule has 1 saturated carbocycles. The first-order valence-electron chi connectivity index (χ1n) is 6.28. The molecule has 1 rings (SSSR count). The summed E-state index contributed by atoms with van der Waals surface area (Å²) in [5.74, 6) is -4.01. The average Bonchev–Trinajstić information content (AvgIpc) is 2.61. The molecular weight excluding hydrogens is 268 g/mol. The van der Waals surface area contributed by atoms with E-state index in [9.17, 15) is 4.79 Å². The van der Waals surface area contributed by atoms with Gasteiger partial charge in [-0.1, -0.05) is 0 Å². The second kappa shape index (κ2) is 7.68. The van der Waals surface area contributed by atoms with Gasteiger partial charge in [0.1, 0.15) is 5.60 Å². The van der Waals surface area contributed by atoms with Crippen molar-refractivity contribution in [3.63, 3.8) is 0 Å². The van der Waals surface area contributed by atoms with Gasteiger partial charge in [-0.2, -0.15) is 0 Å². The number of nitrogens with one attached hydrogen (secondary N) is 1. The molecule has 1 aliphatic carbocycles. The molecule has 116 valence electrons.